The molecule has 4 atom stereocenters. The van der Waals surface area contributed by atoms with Gasteiger partial charge >= 0.3 is 5.97 Å². The third kappa shape index (κ3) is 11.3. The van der Waals surface area contributed by atoms with Crippen molar-refractivity contribution in [3.63, 3.8) is 0 Å². The SMILES string of the molecule is CC(C)C1CCC(Cc2ccccc2)NC(=O)[C@H](CC(=O)O)NC(=O)CNC(=O)C(CCCN=C(N)N)NC1=O. The summed E-state index contributed by atoms with van der Waals surface area (Å²) in [7, 11) is 0. The van der Waals surface area contributed by atoms with Crippen molar-refractivity contribution in [1.82, 2.24) is 21.3 Å². The van der Waals surface area contributed by atoms with Crippen LogP contribution in [0.15, 0.2) is 35.3 Å². The van der Waals surface area contributed by atoms with Crippen LogP contribution < -0.4 is 32.7 Å². The number of aliphatic imine (C=N–C) groups is 1. The zero-order chi connectivity index (χ0) is 29.7. The molecule has 0 aliphatic carbocycles. The zero-order valence-electron chi connectivity index (χ0n) is 23.0. The second-order valence-electron chi connectivity index (χ2n) is 10.3. The van der Waals surface area contributed by atoms with Gasteiger partial charge in [0.05, 0.1) is 13.0 Å². The Kier molecular flexibility index (Phi) is 12.9. The summed E-state index contributed by atoms with van der Waals surface area (Å²) in [5.74, 6) is -4.19. The van der Waals surface area contributed by atoms with Crippen molar-refractivity contribution < 1.29 is 29.1 Å². The highest BCUT2D eigenvalue weighted by atomic mass is 16.4. The molecule has 13 heteroatoms. The van der Waals surface area contributed by atoms with Gasteiger partial charge in [-0.15, -0.1) is 0 Å². The van der Waals surface area contributed by atoms with Gasteiger partial charge in [0, 0.05) is 18.5 Å². The van der Waals surface area contributed by atoms with Gasteiger partial charge in [-0.25, -0.2) is 0 Å². The molecule has 9 N–H and O–H groups in total. The van der Waals surface area contributed by atoms with Gasteiger partial charge in [-0.05, 0) is 43.6 Å². The predicted octanol–water partition coefficient (Wildman–Crippen LogP) is -0.606. The third-order valence-corrected chi connectivity index (χ3v) is 6.67. The van der Waals surface area contributed by atoms with Crippen molar-refractivity contribution in [2.75, 3.05) is 13.1 Å². The van der Waals surface area contributed by atoms with Gasteiger partial charge < -0.3 is 37.8 Å². The molecule has 220 valence electrons. The Morgan fingerprint density at radius 2 is 1.68 bits per heavy atom. The van der Waals surface area contributed by atoms with E-state index < -0.39 is 60.7 Å². The van der Waals surface area contributed by atoms with Gasteiger partial charge in [-0.2, -0.15) is 0 Å². The van der Waals surface area contributed by atoms with Crippen LogP contribution in [0.3, 0.4) is 0 Å². The molecule has 0 aromatic heterocycles. The minimum Gasteiger partial charge on any atom is -0.481 e. The average molecular weight is 560 g/mol. The van der Waals surface area contributed by atoms with Crippen molar-refractivity contribution in [2.45, 2.75) is 70.5 Å². The number of guanidine groups is 1. The number of amides is 4. The smallest absolute Gasteiger partial charge is 0.305 e. The maximum atomic E-state index is 13.4. The molecular formula is C27H41N7O6. The lowest BCUT2D eigenvalue weighted by molar-refractivity contribution is -0.141. The number of hydrogen-bond donors (Lipinski definition) is 7. The molecule has 1 aliphatic heterocycles. The number of nitrogens with two attached hydrogens (primary N) is 2. The normalized spacial score (nSPS) is 23.1. The number of nitrogens with zero attached hydrogens (tertiary/aromatic N) is 1. The van der Waals surface area contributed by atoms with E-state index in [-0.39, 0.29) is 30.8 Å². The van der Waals surface area contributed by atoms with Crippen LogP contribution in [0.4, 0.5) is 0 Å². The number of carbonyl (C=O) groups excluding carboxylic acids is 4. The first kappa shape index (κ1) is 32.1. The summed E-state index contributed by atoms with van der Waals surface area (Å²) in [5, 5.41) is 19.9. The molecule has 13 nitrogen and oxygen atoms in total. The number of carbonyl (C=O) groups is 5. The molecule has 1 fully saturated rings. The van der Waals surface area contributed by atoms with E-state index in [9.17, 15) is 29.1 Å². The van der Waals surface area contributed by atoms with E-state index >= 15 is 0 Å². The lowest BCUT2D eigenvalue weighted by atomic mass is 9.87. The molecule has 1 aromatic rings. The number of hydrogen-bond acceptors (Lipinski definition) is 6. The highest BCUT2D eigenvalue weighted by molar-refractivity contribution is 5.94. The first-order valence-corrected chi connectivity index (χ1v) is 13.4. The van der Waals surface area contributed by atoms with E-state index in [1.807, 2.05) is 44.2 Å². The summed E-state index contributed by atoms with van der Waals surface area (Å²) < 4.78 is 0. The van der Waals surface area contributed by atoms with Crippen molar-refractivity contribution in [3.8, 4) is 0 Å². The summed E-state index contributed by atoms with van der Waals surface area (Å²) in [5.41, 5.74) is 11.7. The van der Waals surface area contributed by atoms with Crippen LogP contribution in [0.2, 0.25) is 0 Å². The molecule has 4 amide bonds. The molecule has 0 bridgehead atoms. The van der Waals surface area contributed by atoms with Crippen LogP contribution in [0.5, 0.6) is 0 Å². The summed E-state index contributed by atoms with van der Waals surface area (Å²) >= 11 is 0. The standard InChI is InChI=1S/C27H41N7O6/c1-16(2)19-11-10-18(13-17-7-4-3-5-8-17)32-26(40)21(14-23(36)37)33-22(35)15-31-25(39)20(34-24(19)38)9-6-12-30-27(28)29/h3-5,7-8,16,18-21H,6,9-15H2,1-2H3,(H,31,39)(H,32,40)(H,33,35)(H,34,38)(H,36,37)(H4,28,29,30)/t18?,19?,20?,21-/m0/s1. The van der Waals surface area contributed by atoms with Crippen LogP contribution in [-0.4, -0.2) is 71.9 Å². The molecule has 1 aliphatic rings. The molecule has 40 heavy (non-hydrogen) atoms. The number of aliphatic carboxylic acids is 1. The van der Waals surface area contributed by atoms with Crippen molar-refractivity contribution >= 4 is 35.6 Å². The Labute approximate surface area is 233 Å². The molecule has 3 unspecified atom stereocenters. The van der Waals surface area contributed by atoms with E-state index in [4.69, 9.17) is 11.5 Å². The second-order valence-corrected chi connectivity index (χ2v) is 10.3. The molecule has 0 saturated carbocycles. The van der Waals surface area contributed by atoms with Crippen LogP contribution in [-0.2, 0) is 30.4 Å². The average Bonchev–Trinajstić information content (AvgIpc) is 2.88. The Bertz CT molecular complexity index is 1060. The minimum absolute atomic E-state index is 0.0721. The van der Waals surface area contributed by atoms with Gasteiger partial charge in [0.25, 0.3) is 0 Å². The van der Waals surface area contributed by atoms with E-state index in [1.54, 1.807) is 0 Å². The van der Waals surface area contributed by atoms with Crippen LogP contribution in [0.25, 0.3) is 0 Å². The topological polar surface area (TPSA) is 218 Å². The van der Waals surface area contributed by atoms with E-state index in [1.165, 1.54) is 0 Å². The Morgan fingerprint density at radius 1 is 0.975 bits per heavy atom. The summed E-state index contributed by atoms with van der Waals surface area (Å²) in [6.07, 6.45) is 1.24. The first-order chi connectivity index (χ1) is 19.0. The highest BCUT2D eigenvalue weighted by Crippen LogP contribution is 2.21. The number of carboxylic acid groups (broad SMARTS) is 1. The van der Waals surface area contributed by atoms with Crippen LogP contribution in [0, 0.1) is 11.8 Å². The lowest BCUT2D eigenvalue weighted by Crippen LogP contribution is -2.53. The highest BCUT2D eigenvalue weighted by Gasteiger charge is 2.31. The molecule has 0 radical (unpaired) electrons. The van der Waals surface area contributed by atoms with Crippen molar-refractivity contribution in [2.24, 2.45) is 28.3 Å². The van der Waals surface area contributed by atoms with Crippen LogP contribution >= 0.6 is 0 Å². The van der Waals surface area contributed by atoms with Gasteiger partial charge in [0.1, 0.15) is 12.1 Å². The quantitative estimate of drug-likeness (QED) is 0.117. The maximum absolute atomic E-state index is 13.4. The van der Waals surface area contributed by atoms with Crippen molar-refractivity contribution in [1.29, 1.82) is 0 Å². The fourth-order valence-corrected chi connectivity index (χ4v) is 4.54. The van der Waals surface area contributed by atoms with E-state index in [0.29, 0.717) is 25.7 Å². The van der Waals surface area contributed by atoms with Gasteiger partial charge in [-0.1, -0.05) is 44.2 Å². The molecule has 1 saturated heterocycles. The Morgan fingerprint density at radius 3 is 2.30 bits per heavy atom. The summed E-state index contributed by atoms with van der Waals surface area (Å²) in [6, 6.07) is 6.72. The minimum atomic E-state index is -1.35. The second kappa shape index (κ2) is 16.1. The lowest BCUT2D eigenvalue weighted by Gasteiger charge is -2.27. The number of carboxylic acids is 1. The maximum Gasteiger partial charge on any atom is 0.305 e. The van der Waals surface area contributed by atoms with Gasteiger partial charge in [0.2, 0.25) is 23.6 Å². The molecule has 1 aromatic carbocycles. The van der Waals surface area contributed by atoms with Crippen molar-refractivity contribution in [3.05, 3.63) is 35.9 Å². The number of rotatable bonds is 9. The fourth-order valence-electron chi connectivity index (χ4n) is 4.54. The molecule has 2 rings (SSSR count). The third-order valence-electron chi connectivity index (χ3n) is 6.67. The van der Waals surface area contributed by atoms with Crippen LogP contribution in [0.1, 0.15) is 51.5 Å². The van der Waals surface area contributed by atoms with Gasteiger partial charge in [-0.3, -0.25) is 29.0 Å². The molecule has 0 spiro atoms. The van der Waals surface area contributed by atoms with E-state index in [2.05, 4.69) is 26.3 Å². The molecular weight excluding hydrogens is 518 g/mol. The predicted molar refractivity (Wildman–Crippen MR) is 149 cm³/mol. The largest absolute Gasteiger partial charge is 0.481 e. The van der Waals surface area contributed by atoms with E-state index in [0.717, 1.165) is 5.56 Å². The summed E-state index contributed by atoms with van der Waals surface area (Å²) in [4.78, 5) is 67.4. The monoisotopic (exact) mass is 559 g/mol. The fraction of sp³-hybridized carbons (Fsp3) is 0.556. The Balaban J connectivity index is 2.35. The first-order valence-electron chi connectivity index (χ1n) is 13.4. The zero-order valence-corrected chi connectivity index (χ0v) is 23.0. The number of benzene rings is 1. The number of nitrogens with one attached hydrogen (secondary N) is 4. The van der Waals surface area contributed by atoms with Gasteiger partial charge in [0.15, 0.2) is 5.96 Å². The summed E-state index contributed by atoms with van der Waals surface area (Å²) in [6.45, 7) is 3.55. The molecule has 1 heterocycles. The Hall–Kier alpha value is -4.16.